The Morgan fingerprint density at radius 2 is 2.05 bits per heavy atom. The van der Waals surface area contributed by atoms with E-state index in [9.17, 15) is 19.7 Å². The number of amides is 2. The second-order valence-corrected chi connectivity index (χ2v) is 3.84. The Bertz CT molecular complexity index is 585. The Labute approximate surface area is 119 Å². The number of nitrogens with zero attached hydrogens (tertiary/aromatic N) is 1. The van der Waals surface area contributed by atoms with Gasteiger partial charge in [-0.15, -0.1) is 0 Å². The third-order valence-electron chi connectivity index (χ3n) is 2.38. The molecule has 0 atom stereocenters. The molecule has 0 bridgehead atoms. The van der Waals surface area contributed by atoms with Gasteiger partial charge >= 0.3 is 6.09 Å². The molecular weight excluding hydrogens is 280 g/mol. The van der Waals surface area contributed by atoms with Gasteiger partial charge in [0.05, 0.1) is 4.92 Å². The smallest absolute Gasteiger partial charge is 0.404 e. The highest BCUT2D eigenvalue weighted by molar-refractivity contribution is 5.94. The molecule has 0 unspecified atom stereocenters. The van der Waals surface area contributed by atoms with Gasteiger partial charge in [-0.1, -0.05) is 6.08 Å². The Morgan fingerprint density at radius 3 is 2.62 bits per heavy atom. The number of nitro groups is 1. The first kappa shape index (κ1) is 16.0. The number of primary amides is 2. The standard InChI is InChI=1S/C12H14N4O5/c13-11(17)8-3-4-9(10(7-8)16(19)20)15-5-1-2-6-21-12(14)18/h1-4,7,15H,5-6H2,(H2,13,17)(H2,14,18). The number of hydrogen-bond acceptors (Lipinski definition) is 6. The summed E-state index contributed by atoms with van der Waals surface area (Å²) in [5.41, 5.74) is 9.87. The third-order valence-corrected chi connectivity index (χ3v) is 2.38. The van der Waals surface area contributed by atoms with Crippen molar-refractivity contribution in [2.45, 2.75) is 0 Å². The number of carbonyl (C=O) groups is 2. The zero-order valence-corrected chi connectivity index (χ0v) is 10.9. The second-order valence-electron chi connectivity index (χ2n) is 3.84. The van der Waals surface area contributed by atoms with Crippen LogP contribution in [0.25, 0.3) is 0 Å². The maximum atomic E-state index is 11.0. The lowest BCUT2D eigenvalue weighted by Gasteiger charge is -2.05. The van der Waals surface area contributed by atoms with E-state index in [-0.39, 0.29) is 30.1 Å². The molecule has 21 heavy (non-hydrogen) atoms. The molecule has 0 spiro atoms. The molecule has 0 fully saturated rings. The molecule has 1 rings (SSSR count). The number of nitrogens with two attached hydrogens (primary N) is 2. The summed E-state index contributed by atoms with van der Waals surface area (Å²) in [4.78, 5) is 31.6. The van der Waals surface area contributed by atoms with Crippen LogP contribution in [0.3, 0.4) is 0 Å². The summed E-state index contributed by atoms with van der Waals surface area (Å²) in [6.07, 6.45) is 2.25. The van der Waals surface area contributed by atoms with Gasteiger partial charge in [0.15, 0.2) is 0 Å². The van der Waals surface area contributed by atoms with Crippen LogP contribution in [-0.2, 0) is 4.74 Å². The molecule has 9 nitrogen and oxygen atoms in total. The van der Waals surface area contributed by atoms with Crippen molar-refractivity contribution in [3.8, 4) is 0 Å². The van der Waals surface area contributed by atoms with Crippen LogP contribution >= 0.6 is 0 Å². The molecule has 0 heterocycles. The third kappa shape index (κ3) is 5.19. The average molecular weight is 294 g/mol. The van der Waals surface area contributed by atoms with Gasteiger partial charge in [-0.05, 0) is 18.2 Å². The highest BCUT2D eigenvalue weighted by atomic mass is 16.6. The van der Waals surface area contributed by atoms with E-state index in [1.807, 2.05) is 0 Å². The molecule has 0 aliphatic heterocycles. The quantitative estimate of drug-likeness (QED) is 0.383. The van der Waals surface area contributed by atoms with Crippen molar-refractivity contribution in [3.05, 3.63) is 46.0 Å². The van der Waals surface area contributed by atoms with E-state index in [4.69, 9.17) is 11.5 Å². The van der Waals surface area contributed by atoms with Crippen molar-refractivity contribution in [2.75, 3.05) is 18.5 Å². The van der Waals surface area contributed by atoms with E-state index in [0.29, 0.717) is 0 Å². The monoisotopic (exact) mass is 294 g/mol. The van der Waals surface area contributed by atoms with Crippen molar-refractivity contribution in [1.82, 2.24) is 0 Å². The fourth-order valence-electron chi connectivity index (χ4n) is 1.44. The van der Waals surface area contributed by atoms with Crippen molar-refractivity contribution >= 4 is 23.4 Å². The first-order valence-corrected chi connectivity index (χ1v) is 5.81. The van der Waals surface area contributed by atoms with Crippen LogP contribution in [0, 0.1) is 10.1 Å². The molecule has 2 amide bonds. The summed E-state index contributed by atoms with van der Waals surface area (Å²) in [5, 5.41) is 13.7. The number of nitrogens with one attached hydrogen (secondary N) is 1. The van der Waals surface area contributed by atoms with Gasteiger partial charge in [0.25, 0.3) is 5.69 Å². The summed E-state index contributed by atoms with van der Waals surface area (Å²) in [7, 11) is 0. The van der Waals surface area contributed by atoms with Crippen molar-refractivity contribution in [1.29, 1.82) is 0 Å². The number of benzene rings is 1. The minimum atomic E-state index is -0.884. The summed E-state index contributed by atoms with van der Waals surface area (Å²) >= 11 is 0. The molecule has 1 aromatic rings. The normalized spacial score (nSPS) is 10.3. The first-order chi connectivity index (χ1) is 9.91. The second kappa shape index (κ2) is 7.48. The minimum absolute atomic E-state index is 0.0136. The Balaban J connectivity index is 2.68. The predicted molar refractivity (Wildman–Crippen MR) is 74.8 cm³/mol. The zero-order chi connectivity index (χ0) is 15.8. The molecule has 0 saturated heterocycles. The number of ether oxygens (including phenoxy) is 1. The van der Waals surface area contributed by atoms with Gasteiger partial charge in [0.2, 0.25) is 5.91 Å². The van der Waals surface area contributed by atoms with Gasteiger partial charge in [-0.25, -0.2) is 4.79 Å². The SMILES string of the molecule is NC(=O)OCC=CCNc1ccc(C(N)=O)cc1[N+](=O)[O-]. The van der Waals surface area contributed by atoms with Crippen LogP contribution in [0.4, 0.5) is 16.2 Å². The van der Waals surface area contributed by atoms with Crippen LogP contribution < -0.4 is 16.8 Å². The number of carbonyl (C=O) groups excluding carboxylic acids is 2. The molecule has 5 N–H and O–H groups in total. The number of rotatable bonds is 7. The topological polar surface area (TPSA) is 151 Å². The Morgan fingerprint density at radius 1 is 1.33 bits per heavy atom. The predicted octanol–water partition coefficient (Wildman–Crippen LogP) is 0.757. The summed E-state index contributed by atoms with van der Waals surface area (Å²) in [5.74, 6) is -0.742. The van der Waals surface area contributed by atoms with Gasteiger partial charge in [0.1, 0.15) is 12.3 Å². The fourth-order valence-corrected chi connectivity index (χ4v) is 1.44. The highest BCUT2D eigenvalue weighted by Gasteiger charge is 2.15. The highest BCUT2D eigenvalue weighted by Crippen LogP contribution is 2.25. The lowest BCUT2D eigenvalue weighted by Crippen LogP contribution is -2.13. The van der Waals surface area contributed by atoms with Crippen molar-refractivity contribution in [3.63, 3.8) is 0 Å². The molecule has 0 aromatic heterocycles. The number of nitro benzene ring substituents is 1. The van der Waals surface area contributed by atoms with Crippen molar-refractivity contribution < 1.29 is 19.2 Å². The molecule has 0 saturated carbocycles. The lowest BCUT2D eigenvalue weighted by atomic mass is 10.1. The summed E-state index contributed by atoms with van der Waals surface area (Å²) in [6, 6.07) is 3.88. The van der Waals surface area contributed by atoms with Gasteiger partial charge in [-0.3, -0.25) is 14.9 Å². The maximum Gasteiger partial charge on any atom is 0.404 e. The van der Waals surface area contributed by atoms with E-state index >= 15 is 0 Å². The largest absolute Gasteiger partial charge is 0.445 e. The van der Waals surface area contributed by atoms with Crippen LogP contribution in [0.15, 0.2) is 30.4 Å². The number of hydrogen-bond donors (Lipinski definition) is 3. The minimum Gasteiger partial charge on any atom is -0.445 e. The number of anilines is 1. The van der Waals surface area contributed by atoms with E-state index in [0.717, 1.165) is 6.07 Å². The Hall–Kier alpha value is -3.10. The van der Waals surface area contributed by atoms with Crippen LogP contribution in [0.2, 0.25) is 0 Å². The first-order valence-electron chi connectivity index (χ1n) is 5.81. The molecule has 0 radical (unpaired) electrons. The maximum absolute atomic E-state index is 11.0. The fraction of sp³-hybridized carbons (Fsp3) is 0.167. The van der Waals surface area contributed by atoms with Gasteiger partial charge in [-0.2, -0.15) is 0 Å². The van der Waals surface area contributed by atoms with Crippen LogP contribution in [-0.4, -0.2) is 30.1 Å². The summed E-state index contributed by atoms with van der Waals surface area (Å²) in [6.45, 7) is 0.276. The van der Waals surface area contributed by atoms with Crippen LogP contribution in [0.5, 0.6) is 0 Å². The molecule has 0 aliphatic carbocycles. The zero-order valence-electron chi connectivity index (χ0n) is 10.9. The van der Waals surface area contributed by atoms with E-state index in [1.165, 1.54) is 18.2 Å². The summed E-state index contributed by atoms with van der Waals surface area (Å²) < 4.78 is 4.46. The molecular formula is C12H14N4O5. The van der Waals surface area contributed by atoms with Gasteiger partial charge in [0, 0.05) is 18.2 Å². The molecule has 9 heteroatoms. The molecule has 1 aromatic carbocycles. The molecule has 0 aliphatic rings. The molecule has 112 valence electrons. The van der Waals surface area contributed by atoms with E-state index < -0.39 is 16.9 Å². The van der Waals surface area contributed by atoms with Crippen LogP contribution in [0.1, 0.15) is 10.4 Å². The van der Waals surface area contributed by atoms with E-state index in [2.05, 4.69) is 10.1 Å². The average Bonchev–Trinajstić information content (AvgIpc) is 2.42. The Kier molecular flexibility index (Phi) is 5.68. The van der Waals surface area contributed by atoms with Crippen molar-refractivity contribution in [2.24, 2.45) is 11.5 Å². The van der Waals surface area contributed by atoms with E-state index in [1.54, 1.807) is 6.08 Å². The van der Waals surface area contributed by atoms with Gasteiger partial charge < -0.3 is 21.5 Å². The lowest BCUT2D eigenvalue weighted by molar-refractivity contribution is -0.384.